The molecule has 0 unspecified atom stereocenters. The van der Waals surface area contributed by atoms with Gasteiger partial charge in [-0.2, -0.15) is 0 Å². The van der Waals surface area contributed by atoms with Gasteiger partial charge in [0.05, 0.1) is 25.9 Å². The van der Waals surface area contributed by atoms with Crippen molar-refractivity contribution < 1.29 is 28.6 Å². The Morgan fingerprint density at radius 1 is 1.09 bits per heavy atom. The molecular weight excluding hydrogens is 422 g/mol. The van der Waals surface area contributed by atoms with Gasteiger partial charge in [-0.3, -0.25) is 9.59 Å². The molecule has 0 amide bonds. The maximum atomic E-state index is 13.7. The minimum Gasteiger partial charge on any atom is -0.494 e. The standard InChI is InChI=1S/C26H33NO6/c1-6-12-32-18-10-8-17(9-11-18)22-21(26(30)33-13-7-2)16(4)27-19-14-15(3)20(25(29)31-5)24(28)23(19)22/h8-11,15,20,22,27H,6-7,12-14H2,1-5H3/t15-,20+,22-/m1/s1. The van der Waals surface area contributed by atoms with Crippen molar-refractivity contribution in [2.45, 2.75) is 52.9 Å². The highest BCUT2D eigenvalue weighted by Gasteiger charge is 2.47. The molecule has 1 aromatic rings. The fourth-order valence-corrected chi connectivity index (χ4v) is 4.53. The maximum Gasteiger partial charge on any atom is 0.336 e. The third-order valence-corrected chi connectivity index (χ3v) is 6.09. The molecule has 0 fully saturated rings. The molecule has 0 radical (unpaired) electrons. The Kier molecular flexibility index (Phi) is 7.95. The molecule has 1 N–H and O–H groups in total. The average Bonchev–Trinajstić information content (AvgIpc) is 2.80. The molecule has 7 heteroatoms. The quantitative estimate of drug-likeness (QED) is 0.467. The van der Waals surface area contributed by atoms with E-state index in [9.17, 15) is 14.4 Å². The molecule has 2 aliphatic rings. The third kappa shape index (κ3) is 4.97. The molecular formula is C26H33NO6. The number of hydrogen-bond donors (Lipinski definition) is 1. The predicted octanol–water partition coefficient (Wildman–Crippen LogP) is 4.04. The van der Waals surface area contributed by atoms with Gasteiger partial charge >= 0.3 is 11.9 Å². The summed E-state index contributed by atoms with van der Waals surface area (Å²) in [5.74, 6) is -2.38. The van der Waals surface area contributed by atoms with E-state index in [-0.39, 0.29) is 18.3 Å². The largest absolute Gasteiger partial charge is 0.494 e. The van der Waals surface area contributed by atoms with Crippen molar-refractivity contribution in [3.05, 3.63) is 52.4 Å². The summed E-state index contributed by atoms with van der Waals surface area (Å²) in [5, 5.41) is 3.26. The van der Waals surface area contributed by atoms with Gasteiger partial charge < -0.3 is 19.5 Å². The number of methoxy groups -OCH3 is 1. The third-order valence-electron chi connectivity index (χ3n) is 6.09. The summed E-state index contributed by atoms with van der Waals surface area (Å²) < 4.78 is 16.1. The SMILES string of the molecule is CCCOC(=O)C1=C(C)NC2=C(C(=O)[C@@H](C(=O)OC)[C@H](C)C2)[C@@H]1c1ccc(OCCC)cc1. The van der Waals surface area contributed by atoms with E-state index in [0.29, 0.717) is 36.3 Å². The van der Waals surface area contributed by atoms with Crippen LogP contribution < -0.4 is 10.1 Å². The number of esters is 2. The number of allylic oxidation sites excluding steroid dienone is 3. The van der Waals surface area contributed by atoms with Crippen LogP contribution in [0.4, 0.5) is 0 Å². The smallest absolute Gasteiger partial charge is 0.336 e. The second-order valence-corrected chi connectivity index (χ2v) is 8.59. The van der Waals surface area contributed by atoms with Gasteiger partial charge in [0.2, 0.25) is 0 Å². The van der Waals surface area contributed by atoms with Crippen molar-refractivity contribution in [2.75, 3.05) is 20.3 Å². The number of dihydropyridines is 1. The molecule has 0 saturated heterocycles. The lowest BCUT2D eigenvalue weighted by atomic mass is 9.69. The van der Waals surface area contributed by atoms with Crippen LogP contribution >= 0.6 is 0 Å². The van der Waals surface area contributed by atoms with Crippen molar-refractivity contribution in [3.63, 3.8) is 0 Å². The first-order valence-corrected chi connectivity index (χ1v) is 11.6. The van der Waals surface area contributed by atoms with Gasteiger partial charge in [-0.25, -0.2) is 4.79 Å². The number of ether oxygens (including phenoxy) is 3. The summed E-state index contributed by atoms with van der Waals surface area (Å²) in [4.78, 5) is 39.2. The zero-order chi connectivity index (χ0) is 24.1. The van der Waals surface area contributed by atoms with E-state index < -0.39 is 23.8 Å². The Balaban J connectivity index is 2.10. The van der Waals surface area contributed by atoms with E-state index in [1.165, 1.54) is 7.11 Å². The van der Waals surface area contributed by atoms with Gasteiger partial charge in [-0.15, -0.1) is 0 Å². The van der Waals surface area contributed by atoms with Crippen LogP contribution in [-0.4, -0.2) is 38.0 Å². The Morgan fingerprint density at radius 3 is 2.36 bits per heavy atom. The van der Waals surface area contributed by atoms with E-state index in [1.54, 1.807) is 0 Å². The van der Waals surface area contributed by atoms with Crippen LogP contribution in [-0.2, 0) is 23.9 Å². The number of hydrogen-bond acceptors (Lipinski definition) is 7. The lowest BCUT2D eigenvalue weighted by Crippen LogP contribution is -2.43. The Morgan fingerprint density at radius 2 is 1.76 bits per heavy atom. The molecule has 0 bridgehead atoms. The van der Waals surface area contributed by atoms with Crippen molar-refractivity contribution in [3.8, 4) is 5.75 Å². The number of rotatable bonds is 8. The molecule has 7 nitrogen and oxygen atoms in total. The van der Waals surface area contributed by atoms with Crippen molar-refractivity contribution >= 4 is 17.7 Å². The Bertz CT molecular complexity index is 975. The molecule has 1 aromatic carbocycles. The minimum absolute atomic E-state index is 0.219. The van der Waals surface area contributed by atoms with Crippen LogP contribution in [0.2, 0.25) is 0 Å². The van der Waals surface area contributed by atoms with Gasteiger partial charge in [0.1, 0.15) is 11.7 Å². The molecule has 1 aliphatic heterocycles. The van der Waals surface area contributed by atoms with Crippen molar-refractivity contribution in [1.29, 1.82) is 0 Å². The molecule has 3 rings (SSSR count). The Labute approximate surface area is 195 Å². The molecule has 0 saturated carbocycles. The summed E-state index contributed by atoms with van der Waals surface area (Å²) in [6, 6.07) is 7.41. The summed E-state index contributed by atoms with van der Waals surface area (Å²) in [6.45, 7) is 8.53. The van der Waals surface area contributed by atoms with Crippen LogP contribution in [0.1, 0.15) is 58.4 Å². The fourth-order valence-electron chi connectivity index (χ4n) is 4.53. The van der Waals surface area contributed by atoms with Crippen molar-refractivity contribution in [2.24, 2.45) is 11.8 Å². The molecule has 0 aromatic heterocycles. The normalized spacial score (nSPS) is 22.5. The molecule has 178 valence electrons. The van der Waals surface area contributed by atoms with Gasteiger partial charge in [0, 0.05) is 22.9 Å². The first kappa shape index (κ1) is 24.6. The number of ketones is 1. The number of benzene rings is 1. The number of Topliss-reactive ketones (excluding diaryl/α,β-unsaturated/α-hetero) is 1. The van der Waals surface area contributed by atoms with E-state index >= 15 is 0 Å². The lowest BCUT2D eigenvalue weighted by Gasteiger charge is -2.38. The lowest BCUT2D eigenvalue weighted by molar-refractivity contribution is -0.151. The van der Waals surface area contributed by atoms with Gasteiger partial charge in [-0.1, -0.05) is 32.9 Å². The molecule has 3 atom stereocenters. The van der Waals surface area contributed by atoms with Crippen LogP contribution in [0.5, 0.6) is 5.75 Å². The Hall–Kier alpha value is -3.09. The molecule has 1 heterocycles. The van der Waals surface area contributed by atoms with Crippen molar-refractivity contribution in [1.82, 2.24) is 5.32 Å². The summed E-state index contributed by atoms with van der Waals surface area (Å²) in [6.07, 6.45) is 2.08. The predicted molar refractivity (Wildman–Crippen MR) is 123 cm³/mol. The maximum absolute atomic E-state index is 13.7. The minimum atomic E-state index is -0.906. The number of carbonyl (C=O) groups is 3. The summed E-state index contributed by atoms with van der Waals surface area (Å²) >= 11 is 0. The summed E-state index contributed by atoms with van der Waals surface area (Å²) in [5.41, 5.74) is 2.98. The van der Waals surface area contributed by atoms with E-state index in [2.05, 4.69) is 5.32 Å². The highest BCUT2D eigenvalue weighted by molar-refractivity contribution is 6.12. The summed E-state index contributed by atoms with van der Waals surface area (Å²) in [7, 11) is 1.29. The molecule has 0 spiro atoms. The number of carbonyl (C=O) groups excluding carboxylic acids is 3. The highest BCUT2D eigenvalue weighted by atomic mass is 16.5. The first-order valence-electron chi connectivity index (χ1n) is 11.6. The van der Waals surface area contributed by atoms with Crippen LogP contribution in [0, 0.1) is 11.8 Å². The number of nitrogens with one attached hydrogen (secondary N) is 1. The van der Waals surface area contributed by atoms with E-state index in [1.807, 2.05) is 52.0 Å². The second kappa shape index (κ2) is 10.7. The van der Waals surface area contributed by atoms with Gasteiger partial charge in [0.15, 0.2) is 5.78 Å². The van der Waals surface area contributed by atoms with E-state index in [4.69, 9.17) is 14.2 Å². The average molecular weight is 456 g/mol. The molecule has 1 aliphatic carbocycles. The molecule has 33 heavy (non-hydrogen) atoms. The van der Waals surface area contributed by atoms with Crippen LogP contribution in [0.15, 0.2) is 46.8 Å². The first-order chi connectivity index (χ1) is 15.8. The van der Waals surface area contributed by atoms with Gasteiger partial charge in [-0.05, 0) is 49.8 Å². The van der Waals surface area contributed by atoms with Crippen LogP contribution in [0.3, 0.4) is 0 Å². The van der Waals surface area contributed by atoms with Crippen LogP contribution in [0.25, 0.3) is 0 Å². The second-order valence-electron chi connectivity index (χ2n) is 8.59. The monoisotopic (exact) mass is 455 g/mol. The topological polar surface area (TPSA) is 90.9 Å². The zero-order valence-electron chi connectivity index (χ0n) is 20.0. The van der Waals surface area contributed by atoms with E-state index in [0.717, 1.165) is 23.4 Å². The fraction of sp³-hybridized carbons (Fsp3) is 0.500. The highest BCUT2D eigenvalue weighted by Crippen LogP contribution is 2.45. The van der Waals surface area contributed by atoms with Gasteiger partial charge in [0.25, 0.3) is 0 Å². The zero-order valence-corrected chi connectivity index (χ0v) is 20.0.